The molecule has 2 aliphatic carbocycles. The zero-order chi connectivity index (χ0) is 39.1. The number of aromatic nitrogens is 1. The second-order valence-corrected chi connectivity index (χ2v) is 17.9. The quantitative estimate of drug-likeness (QED) is 0.288. The number of hydrogen-bond acceptors (Lipinski definition) is 10. The van der Waals surface area contributed by atoms with Gasteiger partial charge in [0.05, 0.1) is 31.6 Å². The highest BCUT2D eigenvalue weighted by atomic mass is 32.2. The Bertz CT molecular complexity index is 1970. The Morgan fingerprint density at radius 1 is 1.13 bits per heavy atom. The lowest BCUT2D eigenvalue weighted by atomic mass is 9.88. The molecule has 0 unspecified atom stereocenters. The molecule has 4 amide bonds. The van der Waals surface area contributed by atoms with Crippen LogP contribution in [0.15, 0.2) is 42.6 Å². The summed E-state index contributed by atoms with van der Waals surface area (Å²) >= 11 is 0. The molecule has 17 heteroatoms. The lowest BCUT2D eigenvalue weighted by Gasteiger charge is -2.32. The van der Waals surface area contributed by atoms with Crippen LogP contribution in [0.3, 0.4) is 0 Å². The van der Waals surface area contributed by atoms with E-state index in [0.717, 1.165) is 16.5 Å². The molecule has 4 N–H and O–H groups in total. The minimum atomic E-state index is -4.39. The highest BCUT2D eigenvalue weighted by Crippen LogP contribution is 2.48. The molecule has 5 aliphatic rings. The summed E-state index contributed by atoms with van der Waals surface area (Å²) in [5, 5.41) is 16.6. The number of alkyl halides is 1. The summed E-state index contributed by atoms with van der Waals surface area (Å²) in [6, 6.07) is 5.24. The smallest absolute Gasteiger partial charge is 0.405 e. The van der Waals surface area contributed by atoms with E-state index in [2.05, 4.69) is 25.2 Å². The van der Waals surface area contributed by atoms with Crippen LogP contribution in [0.5, 0.6) is 5.88 Å². The van der Waals surface area contributed by atoms with Crippen molar-refractivity contribution in [2.45, 2.75) is 87.3 Å². The summed E-state index contributed by atoms with van der Waals surface area (Å²) in [6.45, 7) is 5.16. The van der Waals surface area contributed by atoms with Crippen LogP contribution in [0.2, 0.25) is 0 Å². The van der Waals surface area contributed by atoms with Gasteiger partial charge in [-0.3, -0.25) is 19.1 Å². The van der Waals surface area contributed by atoms with Gasteiger partial charge < -0.3 is 35.0 Å². The Labute approximate surface area is 319 Å². The highest BCUT2D eigenvalue weighted by molar-refractivity contribution is 7.91. The van der Waals surface area contributed by atoms with E-state index in [1.807, 2.05) is 37.3 Å². The van der Waals surface area contributed by atoms with E-state index in [1.54, 1.807) is 19.2 Å². The van der Waals surface area contributed by atoms with E-state index >= 15 is 0 Å². The molecule has 55 heavy (non-hydrogen) atoms. The summed E-state index contributed by atoms with van der Waals surface area (Å²) in [6.07, 6.45) is 5.32. The predicted octanol–water partition coefficient (Wildman–Crippen LogP) is 2.89. The maximum Gasteiger partial charge on any atom is 0.405 e. The van der Waals surface area contributed by atoms with E-state index in [9.17, 15) is 37.1 Å². The maximum absolute atomic E-state index is 14.5. The molecule has 2 saturated heterocycles. The minimum Gasteiger partial charge on any atom is -0.472 e. The maximum atomic E-state index is 14.5. The van der Waals surface area contributed by atoms with Gasteiger partial charge in [-0.05, 0) is 56.4 Å². The van der Waals surface area contributed by atoms with E-state index in [1.165, 1.54) is 4.90 Å². The van der Waals surface area contributed by atoms with Gasteiger partial charge >= 0.3 is 6.09 Å². The number of ether oxygens (including phenoxy) is 2. The van der Waals surface area contributed by atoms with Crippen LogP contribution in [0, 0.1) is 17.8 Å². The molecule has 298 valence electrons. The van der Waals surface area contributed by atoms with Gasteiger partial charge in [0.2, 0.25) is 27.7 Å². The van der Waals surface area contributed by atoms with Gasteiger partial charge in [-0.15, -0.1) is 0 Å². The third-order valence-electron chi connectivity index (χ3n) is 11.9. The fourth-order valence-corrected chi connectivity index (χ4v) is 9.77. The van der Waals surface area contributed by atoms with Gasteiger partial charge in [0.15, 0.2) is 0 Å². The zero-order valence-corrected chi connectivity index (χ0v) is 31.9. The van der Waals surface area contributed by atoms with Crippen LogP contribution in [0.25, 0.3) is 10.8 Å². The number of nitrogens with one attached hydrogen (secondary N) is 3. The van der Waals surface area contributed by atoms with E-state index in [4.69, 9.17) is 9.47 Å². The van der Waals surface area contributed by atoms with Crippen molar-refractivity contribution >= 4 is 50.3 Å². The largest absolute Gasteiger partial charge is 0.472 e. The van der Waals surface area contributed by atoms with Gasteiger partial charge in [-0.25, -0.2) is 22.6 Å². The summed E-state index contributed by atoms with van der Waals surface area (Å²) in [5.74, 6) is -2.90. The van der Waals surface area contributed by atoms with Gasteiger partial charge in [-0.1, -0.05) is 44.2 Å². The molecule has 0 spiro atoms. The first kappa shape index (κ1) is 38.8. The van der Waals surface area contributed by atoms with Gasteiger partial charge in [0.1, 0.15) is 35.1 Å². The van der Waals surface area contributed by atoms with Crippen LogP contribution in [-0.4, -0.2) is 115 Å². The summed E-state index contributed by atoms with van der Waals surface area (Å²) < 4.78 is 52.5. The van der Waals surface area contributed by atoms with Gasteiger partial charge in [0, 0.05) is 36.2 Å². The molecule has 2 saturated carbocycles. The molecule has 4 fully saturated rings. The number of allylic oxidation sites excluding steroid dienone is 1. The van der Waals surface area contributed by atoms with Gasteiger partial charge in [-0.2, -0.15) is 0 Å². The van der Waals surface area contributed by atoms with Gasteiger partial charge in [0.25, 0.3) is 5.91 Å². The standard InChI is InChI=1S/C38H49FN6O9S/c1-23-7-3-4-8-25-19-38(25,35(48)43-55(51,52)37(22-39)11-12-37)42-32(46)29-18-26(21-45(29)34(47)31(24(2)17-23)41-36(49)50)54-33-28-10-6-5-9-27(28)30(20-40-33)44-13-15-53-16-14-44/h4-6,8-10,20,23-26,29,31,41H,3,7,11-19,21-22H2,1-2H3,(H,42,46)(H,43,48)(H,49,50)/t23-,24+,25+,26+,29-,31-,38+/m0/s1. The van der Waals surface area contributed by atoms with Crippen molar-refractivity contribution in [3.05, 3.63) is 42.6 Å². The third-order valence-corrected chi connectivity index (χ3v) is 14.0. The molecule has 1 aromatic carbocycles. The van der Waals surface area contributed by atoms with Crippen LogP contribution < -0.4 is 25.0 Å². The molecule has 2 aromatic rings. The predicted molar refractivity (Wildman–Crippen MR) is 200 cm³/mol. The molecule has 3 aliphatic heterocycles. The molecule has 4 heterocycles. The monoisotopic (exact) mass is 784 g/mol. The number of fused-ring (bicyclic) bond motifs is 3. The second kappa shape index (κ2) is 15.2. The Balaban J connectivity index is 1.21. The first-order chi connectivity index (χ1) is 26.3. The number of nitrogens with zero attached hydrogens (tertiary/aromatic N) is 3. The van der Waals surface area contributed by atoms with Crippen molar-refractivity contribution in [2.24, 2.45) is 17.8 Å². The Hall–Kier alpha value is -4.51. The van der Waals surface area contributed by atoms with Crippen molar-refractivity contribution in [1.82, 2.24) is 25.2 Å². The molecule has 0 bridgehead atoms. The molecule has 7 rings (SSSR count). The van der Waals surface area contributed by atoms with Crippen LogP contribution in [0.4, 0.5) is 14.9 Å². The lowest BCUT2D eigenvalue weighted by molar-refractivity contribution is -0.142. The van der Waals surface area contributed by atoms with Crippen molar-refractivity contribution < 1.29 is 46.6 Å². The molecular formula is C38H49FN6O9S. The van der Waals surface area contributed by atoms with Crippen molar-refractivity contribution in [2.75, 3.05) is 44.4 Å². The number of hydrogen-bond donors (Lipinski definition) is 4. The summed E-state index contributed by atoms with van der Waals surface area (Å²) in [7, 11) is -4.39. The lowest BCUT2D eigenvalue weighted by Crippen LogP contribution is -2.59. The van der Waals surface area contributed by atoms with E-state index in [-0.39, 0.29) is 38.1 Å². The molecule has 15 nitrogen and oxygen atoms in total. The minimum absolute atomic E-state index is 0.0230. The Kier molecular flexibility index (Phi) is 10.7. The average molecular weight is 785 g/mol. The van der Waals surface area contributed by atoms with Crippen LogP contribution in [0.1, 0.15) is 58.8 Å². The topological polar surface area (TPSA) is 197 Å². The molecule has 1 aromatic heterocycles. The number of morpholine rings is 1. The number of amides is 4. The number of halogens is 1. The van der Waals surface area contributed by atoms with Crippen molar-refractivity contribution in [1.29, 1.82) is 0 Å². The number of pyridine rings is 1. The van der Waals surface area contributed by atoms with Crippen molar-refractivity contribution in [3.8, 4) is 5.88 Å². The Morgan fingerprint density at radius 2 is 1.85 bits per heavy atom. The molecule has 0 radical (unpaired) electrons. The SMILES string of the molecule is C[C@H]1CCC=C[C@@H]2C[C@@]2(C(=O)NS(=O)(=O)C2(CF)CC2)NC(=O)[C@@H]2C[C@@H](Oc3ncc(N4CCOCC4)c4ccccc34)CN2C(=O)[C@@H](NC(=O)O)[C@H](C)C1. The number of carboxylic acid groups (broad SMARTS) is 1. The normalized spacial score (nSPS) is 31.0. The molecule has 7 atom stereocenters. The molecular weight excluding hydrogens is 736 g/mol. The number of benzene rings is 1. The fourth-order valence-electron chi connectivity index (χ4n) is 8.34. The number of rotatable bonds is 8. The van der Waals surface area contributed by atoms with E-state index in [0.29, 0.717) is 51.4 Å². The van der Waals surface area contributed by atoms with Crippen LogP contribution in [-0.2, 0) is 29.1 Å². The number of anilines is 1. The van der Waals surface area contributed by atoms with Crippen LogP contribution >= 0.6 is 0 Å². The number of sulfonamides is 1. The third kappa shape index (κ3) is 7.69. The average Bonchev–Trinajstić information content (AvgIpc) is 4.07. The highest BCUT2D eigenvalue weighted by Gasteiger charge is 2.64. The Morgan fingerprint density at radius 3 is 2.55 bits per heavy atom. The van der Waals surface area contributed by atoms with E-state index < -0.39 is 80.8 Å². The number of carbonyl (C=O) groups is 4. The summed E-state index contributed by atoms with van der Waals surface area (Å²) in [4.78, 5) is 62.9. The fraction of sp³-hybridized carbons (Fsp3) is 0.605. The summed E-state index contributed by atoms with van der Waals surface area (Å²) in [5.41, 5.74) is -0.741. The first-order valence-electron chi connectivity index (χ1n) is 19.1. The number of carbonyl (C=O) groups excluding carboxylic acids is 3. The first-order valence-corrected chi connectivity index (χ1v) is 20.5. The van der Waals surface area contributed by atoms with Crippen molar-refractivity contribution in [3.63, 3.8) is 0 Å². The zero-order valence-electron chi connectivity index (χ0n) is 31.0. The second-order valence-electron chi connectivity index (χ2n) is 15.8.